The van der Waals surface area contributed by atoms with Gasteiger partial charge in [0.15, 0.2) is 11.5 Å². The number of carbonyl (C=O) groups is 2. The van der Waals surface area contributed by atoms with Gasteiger partial charge in [-0.05, 0) is 60.5 Å². The summed E-state index contributed by atoms with van der Waals surface area (Å²) in [6.45, 7) is 6.13. The van der Waals surface area contributed by atoms with Crippen molar-refractivity contribution in [2.75, 3.05) is 13.2 Å². The molecule has 0 aliphatic rings. The zero-order valence-corrected chi connectivity index (χ0v) is 14.8. The minimum absolute atomic E-state index is 0.482. The summed E-state index contributed by atoms with van der Waals surface area (Å²) in [5.41, 5.74) is 0.724. The topological polar surface area (TPSA) is 84.9 Å². The lowest BCUT2D eigenvalue weighted by Gasteiger charge is -2.13. The molecule has 126 valence electrons. The molecule has 0 spiro atoms. The quantitative estimate of drug-likeness (QED) is 0.672. The molecular weight excluding hydrogens is 366 g/mol. The molecule has 1 amide bonds. The van der Waals surface area contributed by atoms with Gasteiger partial charge in [0.1, 0.15) is 6.04 Å². The highest BCUT2D eigenvalue weighted by molar-refractivity contribution is 9.10. The second-order valence-electron chi connectivity index (χ2n) is 4.60. The maximum atomic E-state index is 11.7. The van der Waals surface area contributed by atoms with Crippen molar-refractivity contribution in [2.24, 2.45) is 0 Å². The molecule has 0 aliphatic carbocycles. The zero-order chi connectivity index (χ0) is 17.4. The average Bonchev–Trinajstić information content (AvgIpc) is 2.48. The number of carboxylic acid groups (broad SMARTS) is 1. The summed E-state index contributed by atoms with van der Waals surface area (Å²) in [6, 6.07) is 2.60. The fraction of sp³-hybridized carbons (Fsp3) is 0.375. The molecule has 0 heterocycles. The number of nitrogens with one attached hydrogen (secondary N) is 1. The van der Waals surface area contributed by atoms with E-state index in [1.165, 1.54) is 13.0 Å². The molecular formula is C16H20BrNO5. The van der Waals surface area contributed by atoms with E-state index < -0.39 is 17.9 Å². The zero-order valence-electron chi connectivity index (χ0n) is 13.3. The Bertz CT molecular complexity index is 600. The molecule has 0 fully saturated rings. The Morgan fingerprint density at radius 3 is 2.52 bits per heavy atom. The van der Waals surface area contributed by atoms with Gasteiger partial charge < -0.3 is 19.9 Å². The van der Waals surface area contributed by atoms with Crippen LogP contribution in [0.3, 0.4) is 0 Å². The fourth-order valence-corrected chi connectivity index (χ4v) is 2.30. The van der Waals surface area contributed by atoms with Crippen molar-refractivity contribution in [1.29, 1.82) is 0 Å². The van der Waals surface area contributed by atoms with E-state index in [2.05, 4.69) is 21.2 Å². The van der Waals surface area contributed by atoms with E-state index in [0.29, 0.717) is 29.2 Å². The van der Waals surface area contributed by atoms with Crippen LogP contribution in [0.4, 0.5) is 0 Å². The minimum atomic E-state index is -1.09. The Labute approximate surface area is 143 Å². The van der Waals surface area contributed by atoms with Crippen LogP contribution in [0, 0.1) is 0 Å². The van der Waals surface area contributed by atoms with E-state index in [9.17, 15) is 9.59 Å². The number of halogens is 1. The second kappa shape index (κ2) is 9.19. The van der Waals surface area contributed by atoms with Crippen LogP contribution in [0.2, 0.25) is 0 Å². The predicted molar refractivity (Wildman–Crippen MR) is 90.8 cm³/mol. The number of rotatable bonds is 8. The summed E-state index contributed by atoms with van der Waals surface area (Å²) < 4.78 is 11.8. The van der Waals surface area contributed by atoms with Crippen LogP contribution in [0.5, 0.6) is 11.5 Å². The first-order valence-corrected chi connectivity index (χ1v) is 7.98. The van der Waals surface area contributed by atoms with E-state index in [0.717, 1.165) is 5.56 Å². The number of benzene rings is 1. The molecule has 0 aromatic heterocycles. The highest BCUT2D eigenvalue weighted by atomic mass is 79.9. The van der Waals surface area contributed by atoms with Crippen molar-refractivity contribution in [3.63, 3.8) is 0 Å². The van der Waals surface area contributed by atoms with Crippen LogP contribution in [0.1, 0.15) is 26.3 Å². The van der Waals surface area contributed by atoms with Gasteiger partial charge in [-0.15, -0.1) is 0 Å². The van der Waals surface area contributed by atoms with E-state index in [1.54, 1.807) is 18.2 Å². The van der Waals surface area contributed by atoms with Crippen LogP contribution in [0.25, 0.3) is 6.08 Å². The Morgan fingerprint density at radius 2 is 1.96 bits per heavy atom. The van der Waals surface area contributed by atoms with Crippen molar-refractivity contribution in [2.45, 2.75) is 26.8 Å². The van der Waals surface area contributed by atoms with Gasteiger partial charge in [0.05, 0.1) is 17.7 Å². The molecule has 1 rings (SSSR count). The summed E-state index contributed by atoms with van der Waals surface area (Å²) in [7, 11) is 0. The fourth-order valence-electron chi connectivity index (χ4n) is 1.73. The molecule has 2 N–H and O–H groups in total. The lowest BCUT2D eigenvalue weighted by molar-refractivity contribution is -0.140. The molecule has 0 radical (unpaired) electrons. The number of carbonyl (C=O) groups excluding carboxylic acids is 1. The summed E-state index contributed by atoms with van der Waals surface area (Å²) in [5, 5.41) is 11.1. The Morgan fingerprint density at radius 1 is 1.30 bits per heavy atom. The van der Waals surface area contributed by atoms with E-state index in [1.807, 2.05) is 13.8 Å². The van der Waals surface area contributed by atoms with Crippen LogP contribution < -0.4 is 14.8 Å². The molecule has 0 aliphatic heterocycles. The van der Waals surface area contributed by atoms with Crippen LogP contribution >= 0.6 is 15.9 Å². The summed E-state index contributed by atoms with van der Waals surface area (Å²) >= 11 is 3.42. The normalized spacial score (nSPS) is 12.0. The van der Waals surface area contributed by atoms with E-state index in [-0.39, 0.29) is 0 Å². The maximum Gasteiger partial charge on any atom is 0.325 e. The molecule has 23 heavy (non-hydrogen) atoms. The third-order valence-corrected chi connectivity index (χ3v) is 3.37. The van der Waals surface area contributed by atoms with Crippen molar-refractivity contribution in [3.8, 4) is 11.5 Å². The summed E-state index contributed by atoms with van der Waals surface area (Å²) in [4.78, 5) is 22.4. The van der Waals surface area contributed by atoms with Crippen LogP contribution in [0.15, 0.2) is 22.7 Å². The van der Waals surface area contributed by atoms with Gasteiger partial charge in [-0.2, -0.15) is 0 Å². The average molecular weight is 386 g/mol. The first kappa shape index (κ1) is 19.0. The van der Waals surface area contributed by atoms with Gasteiger partial charge in [-0.25, -0.2) is 0 Å². The van der Waals surface area contributed by atoms with Crippen molar-refractivity contribution >= 4 is 33.9 Å². The second-order valence-corrected chi connectivity index (χ2v) is 5.45. The smallest absolute Gasteiger partial charge is 0.325 e. The molecule has 1 aromatic carbocycles. The number of carboxylic acids is 1. The molecule has 0 bridgehead atoms. The molecule has 0 saturated carbocycles. The number of hydrogen-bond acceptors (Lipinski definition) is 4. The maximum absolute atomic E-state index is 11.7. The van der Waals surface area contributed by atoms with Gasteiger partial charge in [0, 0.05) is 6.08 Å². The molecule has 6 nitrogen and oxygen atoms in total. The van der Waals surface area contributed by atoms with Crippen LogP contribution in [-0.2, 0) is 9.59 Å². The summed E-state index contributed by atoms with van der Waals surface area (Å²) in [6.07, 6.45) is 2.85. The molecule has 1 aromatic rings. The summed E-state index contributed by atoms with van der Waals surface area (Å²) in [5.74, 6) is -0.393. The van der Waals surface area contributed by atoms with E-state index in [4.69, 9.17) is 14.6 Å². The number of amides is 1. The van der Waals surface area contributed by atoms with Gasteiger partial charge in [0.25, 0.3) is 0 Å². The van der Waals surface area contributed by atoms with Crippen molar-refractivity contribution < 1.29 is 24.2 Å². The largest absolute Gasteiger partial charge is 0.490 e. The third kappa shape index (κ3) is 5.94. The lowest BCUT2D eigenvalue weighted by atomic mass is 10.2. The SMILES string of the molecule is CCOc1cc(/C=C/C(=O)N[C@@H](C)C(=O)O)cc(Br)c1OCC. The third-order valence-electron chi connectivity index (χ3n) is 2.78. The predicted octanol–water partition coefficient (Wildman–Crippen LogP) is 2.85. The highest BCUT2D eigenvalue weighted by Crippen LogP contribution is 2.37. The number of aliphatic carboxylic acids is 1. The van der Waals surface area contributed by atoms with Gasteiger partial charge in [0.2, 0.25) is 5.91 Å². The van der Waals surface area contributed by atoms with Gasteiger partial charge >= 0.3 is 5.97 Å². The standard InChI is InChI=1S/C16H20BrNO5/c1-4-22-13-9-11(8-12(17)15(13)23-5-2)6-7-14(19)18-10(3)16(20)21/h6-10H,4-5H2,1-3H3,(H,18,19)(H,20,21)/b7-6+/t10-/m0/s1. The molecule has 7 heteroatoms. The lowest BCUT2D eigenvalue weighted by Crippen LogP contribution is -2.37. The van der Waals surface area contributed by atoms with Crippen molar-refractivity contribution in [3.05, 3.63) is 28.2 Å². The molecule has 0 saturated heterocycles. The minimum Gasteiger partial charge on any atom is -0.490 e. The first-order chi connectivity index (χ1) is 10.9. The first-order valence-electron chi connectivity index (χ1n) is 7.19. The number of hydrogen-bond donors (Lipinski definition) is 2. The highest BCUT2D eigenvalue weighted by Gasteiger charge is 2.13. The van der Waals surface area contributed by atoms with Gasteiger partial charge in [-0.1, -0.05) is 0 Å². The monoisotopic (exact) mass is 385 g/mol. The Balaban J connectivity index is 2.94. The number of ether oxygens (including phenoxy) is 2. The Hall–Kier alpha value is -2.02. The van der Waals surface area contributed by atoms with Crippen molar-refractivity contribution in [1.82, 2.24) is 5.32 Å². The molecule has 1 atom stereocenters. The van der Waals surface area contributed by atoms with Crippen LogP contribution in [-0.4, -0.2) is 36.2 Å². The Kier molecular flexibility index (Phi) is 7.61. The molecule has 0 unspecified atom stereocenters. The van der Waals surface area contributed by atoms with E-state index >= 15 is 0 Å². The van der Waals surface area contributed by atoms with Gasteiger partial charge in [-0.3, -0.25) is 9.59 Å².